The van der Waals surface area contributed by atoms with E-state index in [0.717, 1.165) is 17.7 Å². The monoisotopic (exact) mass is 273 g/mol. The molecule has 1 aromatic rings. The number of sulfonamides is 1. The first kappa shape index (κ1) is 14.9. The van der Waals surface area contributed by atoms with E-state index >= 15 is 0 Å². The molecule has 0 heterocycles. The Morgan fingerprint density at radius 3 is 2.56 bits per heavy atom. The van der Waals surface area contributed by atoms with E-state index in [9.17, 15) is 8.42 Å². The van der Waals surface area contributed by atoms with Gasteiger partial charge in [-0.25, -0.2) is 13.6 Å². The average Bonchev–Trinajstić information content (AvgIpc) is 2.32. The summed E-state index contributed by atoms with van der Waals surface area (Å²) in [6.07, 6.45) is 0.905. The molecular weight excluding hydrogens is 254 g/mol. The molecule has 0 saturated heterocycles. The summed E-state index contributed by atoms with van der Waals surface area (Å²) >= 11 is 0. The lowest BCUT2D eigenvalue weighted by molar-refractivity contribution is 0.111. The zero-order valence-electron chi connectivity index (χ0n) is 10.5. The van der Waals surface area contributed by atoms with Gasteiger partial charge in [0, 0.05) is 0 Å². The van der Waals surface area contributed by atoms with E-state index in [4.69, 9.17) is 14.6 Å². The number of aryl methyl sites for hydroxylation is 1. The lowest BCUT2D eigenvalue weighted by atomic mass is 10.1. The van der Waals surface area contributed by atoms with Crippen LogP contribution < -0.4 is 9.88 Å². The molecule has 0 aliphatic heterocycles. The Bertz CT molecular complexity index is 459. The van der Waals surface area contributed by atoms with Crippen molar-refractivity contribution in [2.24, 2.45) is 5.14 Å². The van der Waals surface area contributed by atoms with Crippen molar-refractivity contribution in [1.82, 2.24) is 0 Å². The van der Waals surface area contributed by atoms with Gasteiger partial charge in [0.1, 0.15) is 12.4 Å². The van der Waals surface area contributed by atoms with Crippen LogP contribution in [0.2, 0.25) is 0 Å². The van der Waals surface area contributed by atoms with Gasteiger partial charge in [0.25, 0.3) is 0 Å². The second kappa shape index (κ2) is 7.35. The van der Waals surface area contributed by atoms with Gasteiger partial charge in [0.15, 0.2) is 0 Å². The number of hydrogen-bond acceptors (Lipinski definition) is 4. The molecule has 0 unspecified atom stereocenters. The number of primary sulfonamides is 1. The molecule has 0 amide bonds. The quantitative estimate of drug-likeness (QED) is 0.715. The highest BCUT2D eigenvalue weighted by Crippen LogP contribution is 2.17. The van der Waals surface area contributed by atoms with Gasteiger partial charge < -0.3 is 9.47 Å². The van der Waals surface area contributed by atoms with E-state index in [-0.39, 0.29) is 12.4 Å². The molecule has 0 radical (unpaired) electrons. The van der Waals surface area contributed by atoms with Crippen LogP contribution in [0, 0.1) is 0 Å². The minimum Gasteiger partial charge on any atom is -0.491 e. The fraction of sp³-hybridized carbons (Fsp3) is 0.500. The van der Waals surface area contributed by atoms with E-state index in [1.807, 2.05) is 24.3 Å². The van der Waals surface area contributed by atoms with Crippen LogP contribution in [-0.4, -0.2) is 34.0 Å². The number of ether oxygens (including phenoxy) is 2. The van der Waals surface area contributed by atoms with Gasteiger partial charge in [0.2, 0.25) is 10.0 Å². The molecular formula is C12H19NO4S. The first-order chi connectivity index (χ1) is 8.53. The summed E-state index contributed by atoms with van der Waals surface area (Å²) in [6, 6.07) is 7.80. The summed E-state index contributed by atoms with van der Waals surface area (Å²) in [4.78, 5) is 0. The molecule has 1 rings (SSSR count). The third-order valence-corrected chi connectivity index (χ3v) is 3.09. The number of hydrogen-bond donors (Lipinski definition) is 1. The molecule has 0 atom stereocenters. The highest BCUT2D eigenvalue weighted by molar-refractivity contribution is 7.89. The molecule has 18 heavy (non-hydrogen) atoms. The second-order valence-electron chi connectivity index (χ2n) is 3.79. The summed E-state index contributed by atoms with van der Waals surface area (Å²) in [5, 5.41) is 4.84. The minimum absolute atomic E-state index is 0.0949. The second-order valence-corrected chi connectivity index (χ2v) is 5.52. The maximum atomic E-state index is 10.6. The molecule has 0 aliphatic carbocycles. The molecule has 0 fully saturated rings. The van der Waals surface area contributed by atoms with Crippen LogP contribution in [-0.2, 0) is 21.2 Å². The normalized spacial score (nSPS) is 11.4. The molecule has 0 saturated carbocycles. The van der Waals surface area contributed by atoms with Crippen molar-refractivity contribution in [3.63, 3.8) is 0 Å². The molecule has 0 aromatic heterocycles. The maximum Gasteiger partial charge on any atom is 0.211 e. The van der Waals surface area contributed by atoms with Crippen molar-refractivity contribution >= 4 is 10.0 Å². The highest BCUT2D eigenvalue weighted by Gasteiger charge is 2.03. The Morgan fingerprint density at radius 1 is 1.17 bits per heavy atom. The topological polar surface area (TPSA) is 78.6 Å². The summed E-state index contributed by atoms with van der Waals surface area (Å²) in [7, 11) is -3.44. The predicted molar refractivity (Wildman–Crippen MR) is 70.1 cm³/mol. The van der Waals surface area contributed by atoms with Crippen LogP contribution in [0.15, 0.2) is 24.3 Å². The first-order valence-corrected chi connectivity index (χ1v) is 7.53. The molecule has 102 valence electrons. The van der Waals surface area contributed by atoms with Crippen molar-refractivity contribution in [2.45, 2.75) is 13.3 Å². The largest absolute Gasteiger partial charge is 0.491 e. The van der Waals surface area contributed by atoms with Crippen LogP contribution >= 0.6 is 0 Å². The molecule has 6 heteroatoms. The van der Waals surface area contributed by atoms with Crippen LogP contribution in [0.25, 0.3) is 0 Å². The minimum atomic E-state index is -3.44. The third kappa shape index (κ3) is 6.00. The average molecular weight is 273 g/mol. The van der Waals surface area contributed by atoms with E-state index in [0.29, 0.717) is 13.2 Å². The zero-order chi connectivity index (χ0) is 13.4. The molecule has 0 aliphatic rings. The van der Waals surface area contributed by atoms with Crippen molar-refractivity contribution in [3.05, 3.63) is 29.8 Å². The van der Waals surface area contributed by atoms with Gasteiger partial charge in [-0.1, -0.05) is 25.1 Å². The Hall–Kier alpha value is -1.11. The van der Waals surface area contributed by atoms with Gasteiger partial charge in [0.05, 0.1) is 19.0 Å². The Labute approximate surface area is 108 Å². The van der Waals surface area contributed by atoms with Crippen molar-refractivity contribution in [2.75, 3.05) is 25.6 Å². The summed E-state index contributed by atoms with van der Waals surface area (Å²) < 4.78 is 31.9. The van der Waals surface area contributed by atoms with Crippen LogP contribution in [0.3, 0.4) is 0 Å². The number of nitrogens with two attached hydrogens (primary N) is 1. The Balaban J connectivity index is 2.22. The van der Waals surface area contributed by atoms with Crippen molar-refractivity contribution in [1.29, 1.82) is 0 Å². The SMILES string of the molecule is CCc1ccccc1OCCOCCS(N)(=O)=O. The maximum absolute atomic E-state index is 10.6. The zero-order valence-corrected chi connectivity index (χ0v) is 11.3. The number of para-hydroxylation sites is 1. The van der Waals surface area contributed by atoms with Gasteiger partial charge in [-0.3, -0.25) is 0 Å². The van der Waals surface area contributed by atoms with Gasteiger partial charge in [-0.05, 0) is 18.1 Å². The van der Waals surface area contributed by atoms with Gasteiger partial charge in [-0.15, -0.1) is 0 Å². The standard InChI is InChI=1S/C12H19NO4S/c1-2-11-5-3-4-6-12(11)17-8-7-16-9-10-18(13,14)15/h3-6H,2,7-10H2,1H3,(H2,13,14,15). The summed E-state index contributed by atoms with van der Waals surface area (Å²) in [5.74, 6) is 0.675. The van der Waals surface area contributed by atoms with E-state index in [1.54, 1.807) is 0 Å². The van der Waals surface area contributed by atoms with Gasteiger partial charge in [-0.2, -0.15) is 0 Å². The molecule has 0 spiro atoms. The number of rotatable bonds is 8. The molecule has 2 N–H and O–H groups in total. The van der Waals surface area contributed by atoms with E-state index in [1.165, 1.54) is 0 Å². The Morgan fingerprint density at radius 2 is 1.89 bits per heavy atom. The lowest BCUT2D eigenvalue weighted by Crippen LogP contribution is -2.21. The van der Waals surface area contributed by atoms with Gasteiger partial charge >= 0.3 is 0 Å². The third-order valence-electron chi connectivity index (χ3n) is 2.35. The summed E-state index contributed by atoms with van der Waals surface area (Å²) in [5.41, 5.74) is 1.14. The Kier molecular flexibility index (Phi) is 6.11. The molecule has 5 nitrogen and oxygen atoms in total. The van der Waals surface area contributed by atoms with Crippen LogP contribution in [0.1, 0.15) is 12.5 Å². The lowest BCUT2D eigenvalue weighted by Gasteiger charge is -2.10. The molecule has 0 bridgehead atoms. The molecule has 1 aromatic carbocycles. The van der Waals surface area contributed by atoms with Crippen molar-refractivity contribution in [3.8, 4) is 5.75 Å². The predicted octanol–water partition coefficient (Wildman–Crippen LogP) is 0.933. The van der Waals surface area contributed by atoms with E-state index in [2.05, 4.69) is 6.92 Å². The summed E-state index contributed by atoms with van der Waals surface area (Å²) in [6.45, 7) is 2.89. The van der Waals surface area contributed by atoms with Crippen molar-refractivity contribution < 1.29 is 17.9 Å². The fourth-order valence-corrected chi connectivity index (χ4v) is 1.77. The van der Waals surface area contributed by atoms with Crippen LogP contribution in [0.4, 0.5) is 0 Å². The smallest absolute Gasteiger partial charge is 0.211 e. The van der Waals surface area contributed by atoms with E-state index < -0.39 is 10.0 Å². The number of benzene rings is 1. The van der Waals surface area contributed by atoms with Crippen LogP contribution in [0.5, 0.6) is 5.75 Å². The highest BCUT2D eigenvalue weighted by atomic mass is 32.2. The first-order valence-electron chi connectivity index (χ1n) is 5.82. The fourth-order valence-electron chi connectivity index (χ4n) is 1.42.